The lowest BCUT2D eigenvalue weighted by Gasteiger charge is -2.01. The second-order valence-electron chi connectivity index (χ2n) is 4.77. The second kappa shape index (κ2) is 6.91. The summed E-state index contributed by atoms with van der Waals surface area (Å²) < 4.78 is 2.16. The van der Waals surface area contributed by atoms with Crippen LogP contribution >= 0.6 is 12.2 Å². The third kappa shape index (κ3) is 3.53. The van der Waals surface area contributed by atoms with Crippen LogP contribution in [0.1, 0.15) is 17.0 Å². The van der Waals surface area contributed by atoms with Crippen molar-refractivity contribution in [3.05, 3.63) is 76.6 Å². The Morgan fingerprint density at radius 1 is 1.09 bits per heavy atom. The van der Waals surface area contributed by atoms with Crippen molar-refractivity contribution in [2.75, 3.05) is 0 Å². The summed E-state index contributed by atoms with van der Waals surface area (Å²) in [4.78, 5) is 3.98. The Labute approximate surface area is 133 Å². The Morgan fingerprint density at radius 3 is 2.64 bits per heavy atom. The van der Waals surface area contributed by atoms with Gasteiger partial charge >= 0.3 is 0 Å². The Kier molecular flexibility index (Phi) is 4.50. The quantitative estimate of drug-likeness (QED) is 0.582. The van der Waals surface area contributed by atoms with Gasteiger partial charge in [0.2, 0.25) is 4.77 Å². The van der Waals surface area contributed by atoms with Crippen LogP contribution in [0.3, 0.4) is 0 Å². The SMILES string of the molecule is S=c1[nH]nc(CCc2ccccc2)n1/N=C\c1ccncc1. The number of H-pyrrole nitrogens is 1. The fourth-order valence-electron chi connectivity index (χ4n) is 2.08. The monoisotopic (exact) mass is 309 g/mol. The van der Waals surface area contributed by atoms with E-state index in [2.05, 4.69) is 32.4 Å². The number of aromatic nitrogens is 4. The van der Waals surface area contributed by atoms with Gasteiger partial charge in [-0.25, -0.2) is 0 Å². The van der Waals surface area contributed by atoms with Gasteiger partial charge in [0.1, 0.15) is 0 Å². The van der Waals surface area contributed by atoms with Gasteiger partial charge in [0.15, 0.2) is 5.82 Å². The predicted octanol–water partition coefficient (Wildman–Crippen LogP) is 3.00. The molecule has 5 nitrogen and oxygen atoms in total. The molecular formula is C16H15N5S. The van der Waals surface area contributed by atoms with Gasteiger partial charge in [0, 0.05) is 18.8 Å². The zero-order valence-corrected chi connectivity index (χ0v) is 12.7. The van der Waals surface area contributed by atoms with Crippen molar-refractivity contribution in [1.82, 2.24) is 19.9 Å². The van der Waals surface area contributed by atoms with Gasteiger partial charge in [-0.1, -0.05) is 30.3 Å². The first kappa shape index (κ1) is 14.3. The highest BCUT2D eigenvalue weighted by Crippen LogP contribution is 2.06. The summed E-state index contributed by atoms with van der Waals surface area (Å²) in [5.74, 6) is 0.819. The van der Waals surface area contributed by atoms with Gasteiger partial charge in [-0.3, -0.25) is 10.1 Å². The molecule has 0 spiro atoms. The van der Waals surface area contributed by atoms with E-state index >= 15 is 0 Å². The molecule has 0 saturated heterocycles. The topological polar surface area (TPSA) is 58.9 Å². The average Bonchev–Trinajstić information content (AvgIpc) is 2.93. The largest absolute Gasteiger partial charge is 0.265 e. The number of benzene rings is 1. The predicted molar refractivity (Wildman–Crippen MR) is 88.5 cm³/mol. The molecule has 0 unspecified atom stereocenters. The minimum atomic E-state index is 0.494. The van der Waals surface area contributed by atoms with E-state index in [4.69, 9.17) is 12.2 Å². The summed E-state index contributed by atoms with van der Waals surface area (Å²) in [6.45, 7) is 0. The molecule has 6 heteroatoms. The van der Waals surface area contributed by atoms with Gasteiger partial charge in [-0.05, 0) is 41.9 Å². The number of hydrogen-bond donors (Lipinski definition) is 1. The van der Waals surface area contributed by atoms with Crippen LogP contribution in [0.2, 0.25) is 0 Å². The molecule has 0 radical (unpaired) electrons. The third-order valence-electron chi connectivity index (χ3n) is 3.23. The van der Waals surface area contributed by atoms with Crippen LogP contribution in [0.25, 0.3) is 0 Å². The van der Waals surface area contributed by atoms with Crippen LogP contribution in [0.4, 0.5) is 0 Å². The normalized spacial score (nSPS) is 11.1. The Bertz CT molecular complexity index is 805. The molecule has 0 bridgehead atoms. The minimum absolute atomic E-state index is 0.494. The fourth-order valence-corrected chi connectivity index (χ4v) is 2.28. The van der Waals surface area contributed by atoms with E-state index in [1.54, 1.807) is 23.3 Å². The Hall–Kier alpha value is -2.60. The average molecular weight is 309 g/mol. The number of aromatic amines is 1. The van der Waals surface area contributed by atoms with Crippen molar-refractivity contribution in [3.63, 3.8) is 0 Å². The molecule has 3 rings (SSSR count). The molecule has 0 amide bonds. The van der Waals surface area contributed by atoms with Gasteiger partial charge in [0.25, 0.3) is 0 Å². The molecule has 1 aromatic carbocycles. The van der Waals surface area contributed by atoms with Crippen LogP contribution in [0.15, 0.2) is 60.0 Å². The molecule has 2 aromatic heterocycles. The van der Waals surface area contributed by atoms with Gasteiger partial charge < -0.3 is 0 Å². The molecule has 0 fully saturated rings. The van der Waals surface area contributed by atoms with Crippen LogP contribution in [0.5, 0.6) is 0 Å². The number of aryl methyl sites for hydroxylation is 2. The number of rotatable bonds is 5. The Morgan fingerprint density at radius 2 is 1.86 bits per heavy atom. The molecule has 0 atom stereocenters. The first-order valence-corrected chi connectivity index (χ1v) is 7.38. The second-order valence-corrected chi connectivity index (χ2v) is 5.15. The standard InChI is InChI=1S/C16H15N5S/c22-16-20-19-15(7-6-13-4-2-1-3-5-13)21(16)18-12-14-8-10-17-11-9-14/h1-5,8-12H,6-7H2,(H,20,22)/b18-12-. The van der Waals surface area contributed by atoms with E-state index in [1.165, 1.54) is 5.56 Å². The zero-order valence-electron chi connectivity index (χ0n) is 11.9. The first-order chi connectivity index (χ1) is 10.8. The number of pyridine rings is 1. The van der Waals surface area contributed by atoms with E-state index in [0.29, 0.717) is 4.77 Å². The van der Waals surface area contributed by atoms with E-state index in [0.717, 1.165) is 24.2 Å². The van der Waals surface area contributed by atoms with Gasteiger partial charge in [-0.2, -0.15) is 14.9 Å². The lowest BCUT2D eigenvalue weighted by Crippen LogP contribution is -2.01. The van der Waals surface area contributed by atoms with Crippen molar-refractivity contribution in [2.45, 2.75) is 12.8 Å². The molecule has 110 valence electrons. The van der Waals surface area contributed by atoms with Crippen molar-refractivity contribution in [1.29, 1.82) is 0 Å². The minimum Gasteiger partial charge on any atom is -0.265 e. The molecule has 22 heavy (non-hydrogen) atoms. The maximum absolute atomic E-state index is 5.24. The van der Waals surface area contributed by atoms with E-state index < -0.39 is 0 Å². The highest BCUT2D eigenvalue weighted by atomic mass is 32.1. The van der Waals surface area contributed by atoms with Crippen molar-refractivity contribution >= 4 is 18.4 Å². The molecule has 3 aromatic rings. The number of hydrogen-bond acceptors (Lipinski definition) is 4. The molecular weight excluding hydrogens is 294 g/mol. The highest BCUT2D eigenvalue weighted by Gasteiger charge is 2.05. The summed E-state index contributed by atoms with van der Waals surface area (Å²) in [6, 6.07) is 14.1. The molecule has 0 aliphatic carbocycles. The summed E-state index contributed by atoms with van der Waals surface area (Å²) in [6.07, 6.45) is 6.87. The molecule has 0 aliphatic rings. The molecule has 1 N–H and O–H groups in total. The van der Waals surface area contributed by atoms with E-state index in [-0.39, 0.29) is 0 Å². The summed E-state index contributed by atoms with van der Waals surface area (Å²) in [5, 5.41) is 11.5. The smallest absolute Gasteiger partial charge is 0.216 e. The fraction of sp³-hybridized carbons (Fsp3) is 0.125. The highest BCUT2D eigenvalue weighted by molar-refractivity contribution is 7.71. The summed E-state index contributed by atoms with van der Waals surface area (Å²) in [7, 11) is 0. The molecule has 2 heterocycles. The summed E-state index contributed by atoms with van der Waals surface area (Å²) in [5.41, 5.74) is 2.23. The van der Waals surface area contributed by atoms with Gasteiger partial charge in [-0.15, -0.1) is 0 Å². The van der Waals surface area contributed by atoms with Crippen LogP contribution in [-0.2, 0) is 12.8 Å². The van der Waals surface area contributed by atoms with Crippen LogP contribution in [0, 0.1) is 4.77 Å². The van der Waals surface area contributed by atoms with Gasteiger partial charge in [0.05, 0.1) is 6.21 Å². The number of nitrogens with zero attached hydrogens (tertiary/aromatic N) is 4. The zero-order chi connectivity index (χ0) is 15.2. The number of nitrogens with one attached hydrogen (secondary N) is 1. The van der Waals surface area contributed by atoms with Crippen LogP contribution in [-0.4, -0.2) is 26.1 Å². The van der Waals surface area contributed by atoms with Crippen molar-refractivity contribution in [3.8, 4) is 0 Å². The summed E-state index contributed by atoms with van der Waals surface area (Å²) >= 11 is 5.24. The maximum Gasteiger partial charge on any atom is 0.216 e. The maximum atomic E-state index is 5.24. The molecule has 0 aliphatic heterocycles. The first-order valence-electron chi connectivity index (χ1n) is 6.97. The third-order valence-corrected chi connectivity index (χ3v) is 3.49. The lowest BCUT2D eigenvalue weighted by molar-refractivity contribution is 0.750. The lowest BCUT2D eigenvalue weighted by atomic mass is 10.1. The van der Waals surface area contributed by atoms with Crippen molar-refractivity contribution in [2.24, 2.45) is 5.10 Å². The Balaban J connectivity index is 1.76. The van der Waals surface area contributed by atoms with Crippen LogP contribution < -0.4 is 0 Å². The molecule has 0 saturated carbocycles. The van der Waals surface area contributed by atoms with E-state index in [1.807, 2.05) is 30.3 Å². The van der Waals surface area contributed by atoms with E-state index in [9.17, 15) is 0 Å². The van der Waals surface area contributed by atoms with Crippen molar-refractivity contribution < 1.29 is 0 Å².